The molecule has 0 spiro atoms. The molecule has 25 heavy (non-hydrogen) atoms. The standard InChI is InChI=1S/C20H24N2O3/c1-21(19(24)17-8-5-9-18(23)12-17)14-20(25)10-11-22(15-20)13-16-6-3-2-4-7-16/h2-9,12,23,25H,10-11,13-15H2,1H3/t20-/m1/s1. The number of benzene rings is 2. The van der Waals surface area contributed by atoms with Gasteiger partial charge >= 0.3 is 0 Å². The van der Waals surface area contributed by atoms with Crippen LogP contribution in [0.3, 0.4) is 0 Å². The number of amides is 1. The number of rotatable bonds is 5. The van der Waals surface area contributed by atoms with Crippen LogP contribution in [0.2, 0.25) is 0 Å². The van der Waals surface area contributed by atoms with Crippen LogP contribution >= 0.6 is 0 Å². The lowest BCUT2D eigenvalue weighted by Gasteiger charge is -2.29. The van der Waals surface area contributed by atoms with E-state index in [9.17, 15) is 15.0 Å². The SMILES string of the molecule is CN(C[C@]1(O)CCN(Cc2ccccc2)C1)C(=O)c1cccc(O)c1. The van der Waals surface area contributed by atoms with Crippen LogP contribution in [0.4, 0.5) is 0 Å². The molecule has 5 heteroatoms. The maximum Gasteiger partial charge on any atom is 0.253 e. The minimum atomic E-state index is -0.907. The molecule has 2 aromatic carbocycles. The summed E-state index contributed by atoms with van der Waals surface area (Å²) in [5.41, 5.74) is 0.733. The summed E-state index contributed by atoms with van der Waals surface area (Å²) < 4.78 is 0. The molecule has 1 heterocycles. The van der Waals surface area contributed by atoms with Gasteiger partial charge in [0.05, 0.1) is 12.1 Å². The van der Waals surface area contributed by atoms with Gasteiger partial charge in [0.15, 0.2) is 0 Å². The Labute approximate surface area is 148 Å². The van der Waals surface area contributed by atoms with Crippen molar-refractivity contribution in [3.63, 3.8) is 0 Å². The number of hydrogen-bond donors (Lipinski definition) is 2. The minimum Gasteiger partial charge on any atom is -0.508 e. The monoisotopic (exact) mass is 340 g/mol. The van der Waals surface area contributed by atoms with Gasteiger partial charge in [-0.3, -0.25) is 9.69 Å². The predicted molar refractivity (Wildman–Crippen MR) is 96.4 cm³/mol. The van der Waals surface area contributed by atoms with Crippen LogP contribution in [-0.4, -0.2) is 58.2 Å². The number of aliphatic hydroxyl groups is 1. The molecule has 5 nitrogen and oxygen atoms in total. The maximum absolute atomic E-state index is 12.5. The van der Waals surface area contributed by atoms with Crippen molar-refractivity contribution in [3.8, 4) is 5.75 Å². The summed E-state index contributed by atoms with van der Waals surface area (Å²) in [5, 5.41) is 20.4. The van der Waals surface area contributed by atoms with Crippen molar-refractivity contribution in [2.75, 3.05) is 26.7 Å². The van der Waals surface area contributed by atoms with Crippen LogP contribution in [-0.2, 0) is 6.54 Å². The average molecular weight is 340 g/mol. The zero-order valence-corrected chi connectivity index (χ0v) is 14.4. The molecule has 0 bridgehead atoms. The topological polar surface area (TPSA) is 64.0 Å². The molecule has 2 N–H and O–H groups in total. The number of aromatic hydroxyl groups is 1. The Morgan fingerprint density at radius 2 is 1.96 bits per heavy atom. The summed E-state index contributed by atoms with van der Waals surface area (Å²) in [4.78, 5) is 16.2. The maximum atomic E-state index is 12.5. The van der Waals surface area contributed by atoms with E-state index in [1.807, 2.05) is 18.2 Å². The lowest BCUT2D eigenvalue weighted by Crippen LogP contribution is -2.45. The fourth-order valence-electron chi connectivity index (χ4n) is 3.42. The molecule has 3 rings (SSSR count). The Bertz CT molecular complexity index is 735. The summed E-state index contributed by atoms with van der Waals surface area (Å²) >= 11 is 0. The second-order valence-electron chi connectivity index (χ2n) is 6.88. The molecular weight excluding hydrogens is 316 g/mol. The predicted octanol–water partition coefficient (Wildman–Crippen LogP) is 2.10. The largest absolute Gasteiger partial charge is 0.508 e. The van der Waals surface area contributed by atoms with Gasteiger partial charge in [-0.25, -0.2) is 0 Å². The number of phenols is 1. The van der Waals surface area contributed by atoms with Crippen LogP contribution < -0.4 is 0 Å². The third-order valence-corrected chi connectivity index (χ3v) is 4.63. The van der Waals surface area contributed by atoms with Crippen molar-refractivity contribution < 1.29 is 15.0 Å². The quantitative estimate of drug-likeness (QED) is 0.875. The molecule has 1 saturated heterocycles. The number of likely N-dealkylation sites (N-methyl/N-ethyl adjacent to an activating group) is 1. The molecule has 1 fully saturated rings. The number of β-amino-alcohol motifs (C(OH)–C–C–N with tert-alkyl or cyclic N) is 1. The molecule has 2 aromatic rings. The molecule has 1 atom stereocenters. The van der Waals surface area contributed by atoms with Crippen LogP contribution in [0.5, 0.6) is 5.75 Å². The lowest BCUT2D eigenvalue weighted by atomic mass is 10.0. The fourth-order valence-corrected chi connectivity index (χ4v) is 3.42. The first-order valence-corrected chi connectivity index (χ1v) is 8.48. The molecular formula is C20H24N2O3. The Balaban J connectivity index is 1.59. The van der Waals surface area contributed by atoms with E-state index >= 15 is 0 Å². The van der Waals surface area contributed by atoms with Gasteiger partial charge in [0.1, 0.15) is 5.75 Å². The Kier molecular flexibility index (Phi) is 5.06. The van der Waals surface area contributed by atoms with Gasteiger partial charge in [-0.15, -0.1) is 0 Å². The van der Waals surface area contributed by atoms with E-state index in [4.69, 9.17) is 0 Å². The molecule has 1 amide bonds. The third kappa shape index (κ3) is 4.38. The lowest BCUT2D eigenvalue weighted by molar-refractivity contribution is 0.0170. The Hall–Kier alpha value is -2.37. The first-order chi connectivity index (χ1) is 12.0. The smallest absolute Gasteiger partial charge is 0.253 e. The van der Waals surface area contributed by atoms with E-state index in [1.54, 1.807) is 19.2 Å². The summed E-state index contributed by atoms with van der Waals surface area (Å²) in [6.07, 6.45) is 0.636. The average Bonchev–Trinajstić information content (AvgIpc) is 2.95. The molecule has 0 saturated carbocycles. The van der Waals surface area contributed by atoms with E-state index in [0.717, 1.165) is 13.1 Å². The highest BCUT2D eigenvalue weighted by molar-refractivity contribution is 5.94. The van der Waals surface area contributed by atoms with Crippen LogP contribution in [0, 0.1) is 0 Å². The second kappa shape index (κ2) is 7.25. The van der Waals surface area contributed by atoms with E-state index in [0.29, 0.717) is 18.5 Å². The van der Waals surface area contributed by atoms with Gasteiger partial charge in [-0.05, 0) is 30.2 Å². The number of carbonyl (C=O) groups excluding carboxylic acids is 1. The summed E-state index contributed by atoms with van der Waals surface area (Å²) in [7, 11) is 1.68. The van der Waals surface area contributed by atoms with E-state index in [1.165, 1.54) is 22.6 Å². The summed E-state index contributed by atoms with van der Waals surface area (Å²) in [6, 6.07) is 16.5. The second-order valence-corrected chi connectivity index (χ2v) is 6.88. The van der Waals surface area contributed by atoms with E-state index in [-0.39, 0.29) is 18.2 Å². The number of carbonyl (C=O) groups is 1. The van der Waals surface area contributed by atoms with Crippen molar-refractivity contribution in [3.05, 3.63) is 65.7 Å². The van der Waals surface area contributed by atoms with Crippen molar-refractivity contribution in [1.82, 2.24) is 9.80 Å². The van der Waals surface area contributed by atoms with Crippen LogP contribution in [0.15, 0.2) is 54.6 Å². The van der Waals surface area contributed by atoms with Gasteiger partial charge in [-0.2, -0.15) is 0 Å². The first kappa shape index (κ1) is 17.5. The van der Waals surface area contributed by atoms with Gasteiger partial charge in [-0.1, -0.05) is 36.4 Å². The van der Waals surface area contributed by atoms with Crippen LogP contribution in [0.1, 0.15) is 22.3 Å². The summed E-state index contributed by atoms with van der Waals surface area (Å²) in [6.45, 7) is 2.42. The highest BCUT2D eigenvalue weighted by Gasteiger charge is 2.37. The van der Waals surface area contributed by atoms with Gasteiger partial charge in [0.2, 0.25) is 0 Å². The van der Waals surface area contributed by atoms with Gasteiger partial charge in [0.25, 0.3) is 5.91 Å². The minimum absolute atomic E-state index is 0.0628. The zero-order valence-electron chi connectivity index (χ0n) is 14.4. The van der Waals surface area contributed by atoms with Crippen molar-refractivity contribution >= 4 is 5.91 Å². The fraction of sp³-hybridized carbons (Fsp3) is 0.350. The molecule has 132 valence electrons. The molecule has 0 aliphatic carbocycles. The van der Waals surface area contributed by atoms with Gasteiger partial charge < -0.3 is 15.1 Å². The Morgan fingerprint density at radius 3 is 2.68 bits per heavy atom. The molecule has 1 aliphatic rings. The van der Waals surface area contributed by atoms with Crippen molar-refractivity contribution in [2.24, 2.45) is 0 Å². The Morgan fingerprint density at radius 1 is 1.20 bits per heavy atom. The molecule has 0 radical (unpaired) electrons. The van der Waals surface area contributed by atoms with Gasteiger partial charge in [0, 0.05) is 32.2 Å². The van der Waals surface area contributed by atoms with E-state index in [2.05, 4.69) is 17.0 Å². The molecule has 0 aromatic heterocycles. The van der Waals surface area contributed by atoms with Crippen LogP contribution in [0.25, 0.3) is 0 Å². The molecule has 0 unspecified atom stereocenters. The highest BCUT2D eigenvalue weighted by Crippen LogP contribution is 2.24. The third-order valence-electron chi connectivity index (χ3n) is 4.63. The summed E-state index contributed by atoms with van der Waals surface area (Å²) in [5.74, 6) is -0.140. The molecule has 1 aliphatic heterocycles. The highest BCUT2D eigenvalue weighted by atomic mass is 16.3. The number of nitrogens with zero attached hydrogens (tertiary/aromatic N) is 2. The first-order valence-electron chi connectivity index (χ1n) is 8.48. The number of phenolic OH excluding ortho intramolecular Hbond substituents is 1. The van der Waals surface area contributed by atoms with E-state index < -0.39 is 5.60 Å². The van der Waals surface area contributed by atoms with Crippen molar-refractivity contribution in [2.45, 2.75) is 18.6 Å². The zero-order chi connectivity index (χ0) is 17.9. The number of hydrogen-bond acceptors (Lipinski definition) is 4. The van der Waals surface area contributed by atoms with Crippen molar-refractivity contribution in [1.29, 1.82) is 0 Å². The normalized spacial score (nSPS) is 20.6. The number of likely N-dealkylation sites (tertiary alicyclic amines) is 1.